The number of halogens is 1. The van der Waals surface area contributed by atoms with Gasteiger partial charge in [0, 0.05) is 29.5 Å². The summed E-state index contributed by atoms with van der Waals surface area (Å²) in [5, 5.41) is 15.3. The van der Waals surface area contributed by atoms with Gasteiger partial charge in [-0.1, -0.05) is 17.7 Å². The van der Waals surface area contributed by atoms with Crippen LogP contribution in [0, 0.1) is 11.3 Å². The smallest absolute Gasteiger partial charge is 0.143 e. The van der Waals surface area contributed by atoms with Crippen LogP contribution in [0.4, 0.5) is 5.82 Å². The van der Waals surface area contributed by atoms with E-state index in [0.717, 1.165) is 36.1 Å². The number of anilines is 1. The number of benzene rings is 1. The molecule has 1 aromatic heterocycles. The highest BCUT2D eigenvalue weighted by Crippen LogP contribution is 2.27. The average Bonchev–Trinajstić information content (AvgIpc) is 3.00. The van der Waals surface area contributed by atoms with Crippen LogP contribution in [0.2, 0.25) is 5.02 Å². The second-order valence-corrected chi connectivity index (χ2v) is 7.86. The van der Waals surface area contributed by atoms with Gasteiger partial charge in [-0.3, -0.25) is 4.90 Å². The molecule has 2 aromatic rings. The Hall–Kier alpha value is -1.87. The Morgan fingerprint density at radius 3 is 2.92 bits per heavy atom. The van der Waals surface area contributed by atoms with Crippen LogP contribution in [-0.4, -0.2) is 41.3 Å². The van der Waals surface area contributed by atoms with Gasteiger partial charge in [0.15, 0.2) is 0 Å². The Morgan fingerprint density at radius 2 is 2.20 bits per heavy atom. The molecule has 0 radical (unpaired) electrons. The summed E-state index contributed by atoms with van der Waals surface area (Å²) in [5.41, 5.74) is 0.268. The Labute approximate surface area is 153 Å². The highest BCUT2D eigenvalue weighted by atomic mass is 35.5. The molecular formula is C19H23ClN4O. The van der Waals surface area contributed by atoms with Crippen LogP contribution in [0.3, 0.4) is 0 Å². The molecule has 1 fully saturated rings. The maximum atomic E-state index is 9.23. The lowest BCUT2D eigenvalue weighted by molar-refractivity contribution is -0.0568. The summed E-state index contributed by atoms with van der Waals surface area (Å²) >= 11 is 6.14. The molecule has 0 bridgehead atoms. The number of aromatic nitrogens is 1. The maximum absolute atomic E-state index is 9.23. The summed E-state index contributed by atoms with van der Waals surface area (Å²) in [7, 11) is 0. The predicted molar refractivity (Wildman–Crippen MR) is 101 cm³/mol. The lowest BCUT2D eigenvalue weighted by Crippen LogP contribution is -2.32. The Bertz CT molecular complexity index is 809. The fourth-order valence-electron chi connectivity index (χ4n) is 2.93. The second kappa shape index (κ2) is 7.17. The van der Waals surface area contributed by atoms with E-state index < -0.39 is 0 Å². The first-order chi connectivity index (χ1) is 11.8. The third kappa shape index (κ3) is 4.60. The first-order valence-electron chi connectivity index (χ1n) is 8.47. The average molecular weight is 359 g/mol. The highest BCUT2D eigenvalue weighted by molar-refractivity contribution is 6.31. The topological polar surface area (TPSA) is 61.2 Å². The van der Waals surface area contributed by atoms with Crippen molar-refractivity contribution in [1.29, 1.82) is 5.26 Å². The molecule has 5 nitrogen and oxygen atoms in total. The summed E-state index contributed by atoms with van der Waals surface area (Å²) in [6.45, 7) is 8.67. The minimum Gasteiger partial charge on any atom is -0.365 e. The van der Waals surface area contributed by atoms with Crippen molar-refractivity contribution >= 4 is 28.2 Å². The normalized spacial score (nSPS) is 18.4. The number of pyridine rings is 1. The van der Waals surface area contributed by atoms with Crippen LogP contribution in [0.5, 0.6) is 0 Å². The zero-order chi connectivity index (χ0) is 18.0. The van der Waals surface area contributed by atoms with E-state index in [1.807, 2.05) is 18.2 Å². The Balaban J connectivity index is 1.75. The molecule has 1 unspecified atom stereocenters. The molecule has 3 rings (SSSR count). The molecule has 1 aliphatic heterocycles. The molecule has 0 amide bonds. The van der Waals surface area contributed by atoms with Gasteiger partial charge in [-0.15, -0.1) is 0 Å². The summed E-state index contributed by atoms with van der Waals surface area (Å²) < 4.78 is 5.86. The molecule has 1 aliphatic rings. The van der Waals surface area contributed by atoms with Gasteiger partial charge in [0.05, 0.1) is 12.3 Å². The summed E-state index contributed by atoms with van der Waals surface area (Å²) in [6.07, 6.45) is 1.01. The molecule has 1 saturated heterocycles. The van der Waals surface area contributed by atoms with E-state index in [1.54, 1.807) is 6.07 Å². The minimum atomic E-state index is -0.138. The molecular weight excluding hydrogens is 336 g/mol. The number of nitrogens with one attached hydrogen (secondary N) is 1. The van der Waals surface area contributed by atoms with Gasteiger partial charge >= 0.3 is 0 Å². The van der Waals surface area contributed by atoms with Gasteiger partial charge in [-0.05, 0) is 50.8 Å². The molecule has 0 saturated carbocycles. The number of likely N-dealkylation sites (tertiary alicyclic amines) is 1. The molecule has 25 heavy (non-hydrogen) atoms. The van der Waals surface area contributed by atoms with Crippen molar-refractivity contribution in [1.82, 2.24) is 9.88 Å². The number of fused-ring (bicyclic) bond motifs is 1. The van der Waals surface area contributed by atoms with Crippen molar-refractivity contribution in [3.8, 4) is 6.07 Å². The number of nitrogens with zero attached hydrogens (tertiary/aromatic N) is 3. The number of hydrogen-bond acceptors (Lipinski definition) is 5. The summed E-state index contributed by atoms with van der Waals surface area (Å²) in [6, 6.07) is 9.83. The Morgan fingerprint density at radius 1 is 1.40 bits per heavy atom. The quantitative estimate of drug-likeness (QED) is 0.894. The van der Waals surface area contributed by atoms with E-state index >= 15 is 0 Å². The van der Waals surface area contributed by atoms with E-state index in [0.29, 0.717) is 17.4 Å². The zero-order valence-electron chi connectivity index (χ0n) is 14.8. The largest absolute Gasteiger partial charge is 0.365 e. The molecule has 6 heteroatoms. The molecule has 1 N–H and O–H groups in total. The Kier molecular flexibility index (Phi) is 5.14. The highest BCUT2D eigenvalue weighted by Gasteiger charge is 2.24. The molecule has 1 aromatic carbocycles. The molecule has 132 valence electrons. The van der Waals surface area contributed by atoms with Gasteiger partial charge < -0.3 is 10.1 Å². The van der Waals surface area contributed by atoms with Crippen LogP contribution in [0.25, 0.3) is 10.8 Å². The molecule has 0 spiro atoms. The number of nitriles is 1. The van der Waals surface area contributed by atoms with E-state index in [9.17, 15) is 5.26 Å². The van der Waals surface area contributed by atoms with Gasteiger partial charge in [0.25, 0.3) is 0 Å². The summed E-state index contributed by atoms with van der Waals surface area (Å²) in [5.74, 6) is 0.722. The fraction of sp³-hybridized carbons (Fsp3) is 0.474. The van der Waals surface area contributed by atoms with Crippen molar-refractivity contribution < 1.29 is 4.74 Å². The third-order valence-electron chi connectivity index (χ3n) is 4.20. The van der Waals surface area contributed by atoms with Gasteiger partial charge in [0.1, 0.15) is 17.6 Å². The van der Waals surface area contributed by atoms with Crippen molar-refractivity contribution in [2.75, 3.05) is 25.1 Å². The van der Waals surface area contributed by atoms with Crippen LogP contribution >= 0.6 is 11.6 Å². The van der Waals surface area contributed by atoms with Gasteiger partial charge in [-0.25, -0.2) is 4.98 Å². The molecule has 2 heterocycles. The van der Waals surface area contributed by atoms with Gasteiger partial charge in [-0.2, -0.15) is 5.26 Å². The first kappa shape index (κ1) is 17.9. The third-order valence-corrected chi connectivity index (χ3v) is 4.44. The van der Waals surface area contributed by atoms with E-state index in [2.05, 4.69) is 42.0 Å². The zero-order valence-corrected chi connectivity index (χ0v) is 15.6. The lowest BCUT2D eigenvalue weighted by atomic mass is 10.1. The van der Waals surface area contributed by atoms with E-state index in [-0.39, 0.29) is 11.6 Å². The van der Waals surface area contributed by atoms with Gasteiger partial charge in [0.2, 0.25) is 0 Å². The number of ether oxygens (including phenoxy) is 1. The van der Waals surface area contributed by atoms with Crippen LogP contribution in [0.15, 0.2) is 24.3 Å². The predicted octanol–water partition coefficient (Wildman–Crippen LogP) is 4.02. The minimum absolute atomic E-state index is 0.138. The number of rotatable bonds is 4. The van der Waals surface area contributed by atoms with Crippen molar-refractivity contribution in [3.63, 3.8) is 0 Å². The fourth-order valence-corrected chi connectivity index (χ4v) is 3.11. The summed E-state index contributed by atoms with van der Waals surface area (Å²) in [4.78, 5) is 6.74. The second-order valence-electron chi connectivity index (χ2n) is 7.43. The standard InChI is InChI=1S/C19H23ClN4O/c1-19(2,3)25-12-24-7-6-15(11-24)22-18-17-9-14(20)5-4-13(17)8-16(10-21)23-18/h4-5,8-9,15H,6-7,11-12H2,1-3H3,(H,22,23). The maximum Gasteiger partial charge on any atom is 0.143 e. The van der Waals surface area contributed by atoms with Crippen molar-refractivity contribution in [3.05, 3.63) is 35.0 Å². The van der Waals surface area contributed by atoms with Crippen LogP contribution in [-0.2, 0) is 4.74 Å². The van der Waals surface area contributed by atoms with E-state index in [1.165, 1.54) is 0 Å². The molecule has 0 aliphatic carbocycles. The van der Waals surface area contributed by atoms with Crippen molar-refractivity contribution in [2.24, 2.45) is 0 Å². The first-order valence-corrected chi connectivity index (χ1v) is 8.85. The molecule has 1 atom stereocenters. The monoisotopic (exact) mass is 358 g/mol. The number of hydrogen-bond donors (Lipinski definition) is 1. The van der Waals surface area contributed by atoms with Crippen LogP contribution in [0.1, 0.15) is 32.9 Å². The van der Waals surface area contributed by atoms with Crippen molar-refractivity contribution in [2.45, 2.75) is 38.8 Å². The lowest BCUT2D eigenvalue weighted by Gasteiger charge is -2.24. The van der Waals surface area contributed by atoms with Crippen LogP contribution < -0.4 is 5.32 Å². The van der Waals surface area contributed by atoms with E-state index in [4.69, 9.17) is 16.3 Å². The SMILES string of the molecule is CC(C)(C)OCN1CCC(Nc2nc(C#N)cc3ccc(Cl)cc23)C1.